The number of halogens is 1. The summed E-state index contributed by atoms with van der Waals surface area (Å²) in [6, 6.07) is 9.25. The summed E-state index contributed by atoms with van der Waals surface area (Å²) < 4.78 is 16.7. The van der Waals surface area contributed by atoms with Gasteiger partial charge in [0, 0.05) is 6.20 Å². The van der Waals surface area contributed by atoms with Crippen LogP contribution in [0.4, 0.5) is 4.79 Å². The van der Waals surface area contributed by atoms with Crippen LogP contribution in [0.2, 0.25) is 6.32 Å². The number of phenolic OH excluding ortho intramolecular Hbond substituents is 1. The number of carbonyl (C=O) groups excluding carboxylic acids is 3. The maximum Gasteiger partial charge on any atom is 0.455 e. The second-order valence-corrected chi connectivity index (χ2v) is 11.6. The van der Waals surface area contributed by atoms with Gasteiger partial charge in [-0.2, -0.15) is 4.90 Å². The molecule has 10 nitrogen and oxygen atoms in total. The Bertz CT molecular complexity index is 1450. The molecule has 1 aromatic heterocycles. The number of ether oxygens (including phenoxy) is 2. The number of rotatable bonds is 6. The van der Waals surface area contributed by atoms with Crippen molar-refractivity contribution in [3.05, 3.63) is 62.5 Å². The number of benzene rings is 1. The number of pyridine rings is 1. The number of fused-ring (bicyclic) bond motifs is 3. The number of nitrogens with zero attached hydrogens (tertiary/aromatic N) is 2. The highest BCUT2D eigenvalue weighted by Crippen LogP contribution is 2.50. The van der Waals surface area contributed by atoms with Crippen molar-refractivity contribution < 1.29 is 38.6 Å². The Kier molecular flexibility index (Phi) is 8.53. The van der Waals surface area contributed by atoms with Crippen LogP contribution in [0.1, 0.15) is 37.4 Å². The fraction of sp³-hybridized carbons (Fsp3) is 0.379. The Morgan fingerprint density at radius 2 is 2.02 bits per heavy atom. The first-order chi connectivity index (χ1) is 19.6. The van der Waals surface area contributed by atoms with Crippen LogP contribution in [0.5, 0.6) is 11.5 Å². The highest BCUT2D eigenvalue weighted by molar-refractivity contribution is 14.1. The number of hydrogen-bond donors (Lipinski definition) is 2. The van der Waals surface area contributed by atoms with Crippen LogP contribution in [0.15, 0.2) is 47.7 Å². The molecule has 2 N–H and O–H groups in total. The molecular formula is C29H30BIN2O8. The molecule has 1 aromatic carbocycles. The number of allylic oxidation sites excluding steroid dienone is 2. The lowest BCUT2D eigenvalue weighted by Gasteiger charge is -2.42. The SMILES string of the molecule is COC(=O)N1C(=O)[C@@H]2[C@@H](CC(C)=C3[C@@H](CC/C(=C/c4cc(I)c(O)c(OC)c4)c4ccccn4)OB(O)C[C@@H]32)C1=O. The van der Waals surface area contributed by atoms with Gasteiger partial charge in [-0.05, 0) is 108 Å². The molecule has 5 rings (SSSR count). The minimum absolute atomic E-state index is 0.0731. The Morgan fingerprint density at radius 1 is 1.24 bits per heavy atom. The average molecular weight is 672 g/mol. The van der Waals surface area contributed by atoms with Gasteiger partial charge in [0.2, 0.25) is 11.8 Å². The van der Waals surface area contributed by atoms with Crippen molar-refractivity contribution in [2.75, 3.05) is 14.2 Å². The summed E-state index contributed by atoms with van der Waals surface area (Å²) >= 11 is 2.05. The first-order valence-electron chi connectivity index (χ1n) is 13.3. The van der Waals surface area contributed by atoms with Gasteiger partial charge >= 0.3 is 13.2 Å². The standard InChI is InChI=1S/C29H30BIN2O8/c1-15-10-18-25(28(36)33(27(18)35)29(37)40-3)19-14-30(38)41-22(24(15)19)8-7-17(21-6-4-5-9-32-21)11-16-12-20(31)26(34)23(13-16)39-2/h4-6,9,11-13,18-19,22,25,34,38H,7-8,10,14H2,1-3H3/b17-11-/t18-,19+,22-,25-/m1/s1. The number of methoxy groups -OCH3 is 2. The van der Waals surface area contributed by atoms with E-state index in [0.29, 0.717) is 33.5 Å². The van der Waals surface area contributed by atoms with E-state index in [9.17, 15) is 24.5 Å². The van der Waals surface area contributed by atoms with Crippen LogP contribution in [0, 0.1) is 21.3 Å². The lowest BCUT2D eigenvalue weighted by atomic mass is 9.58. The van der Waals surface area contributed by atoms with Crippen molar-refractivity contribution in [2.24, 2.45) is 17.8 Å². The Balaban J connectivity index is 1.46. The summed E-state index contributed by atoms with van der Waals surface area (Å²) in [5.41, 5.74) is 4.33. The summed E-state index contributed by atoms with van der Waals surface area (Å²) in [4.78, 5) is 43.7. The third-order valence-electron chi connectivity index (χ3n) is 8.09. The molecule has 2 fully saturated rings. The fourth-order valence-electron chi connectivity index (χ4n) is 6.34. The van der Waals surface area contributed by atoms with Gasteiger partial charge in [-0.15, -0.1) is 0 Å². The predicted octanol–water partition coefficient (Wildman–Crippen LogP) is 4.30. The number of aromatic hydroxyl groups is 1. The molecule has 1 aliphatic carbocycles. The number of carbonyl (C=O) groups is 3. The van der Waals surface area contributed by atoms with Crippen molar-refractivity contribution in [3.63, 3.8) is 0 Å². The van der Waals surface area contributed by atoms with Crippen LogP contribution >= 0.6 is 22.6 Å². The largest absolute Gasteiger partial charge is 0.504 e. The lowest BCUT2D eigenvalue weighted by Crippen LogP contribution is -2.46. The van der Waals surface area contributed by atoms with Gasteiger partial charge in [-0.1, -0.05) is 11.6 Å². The number of imide groups is 3. The first-order valence-corrected chi connectivity index (χ1v) is 14.4. The fourth-order valence-corrected chi connectivity index (χ4v) is 6.96. The molecule has 2 saturated heterocycles. The van der Waals surface area contributed by atoms with Crippen LogP contribution in [-0.4, -0.2) is 65.4 Å². The summed E-state index contributed by atoms with van der Waals surface area (Å²) in [6.45, 7) is 1.92. The predicted molar refractivity (Wildman–Crippen MR) is 158 cm³/mol. The number of phenols is 1. The normalized spacial score (nSPS) is 24.4. The topological polar surface area (TPSA) is 135 Å². The third kappa shape index (κ3) is 5.52. The van der Waals surface area contributed by atoms with Crippen LogP contribution in [-0.2, 0) is 19.0 Å². The third-order valence-corrected chi connectivity index (χ3v) is 8.91. The number of hydrogen-bond acceptors (Lipinski definition) is 9. The molecule has 12 heteroatoms. The zero-order chi connectivity index (χ0) is 29.4. The molecule has 41 heavy (non-hydrogen) atoms. The summed E-state index contributed by atoms with van der Waals surface area (Å²) in [5, 5.41) is 21.0. The molecular weight excluding hydrogens is 642 g/mol. The monoisotopic (exact) mass is 672 g/mol. The minimum atomic E-state index is -1.12. The second kappa shape index (κ2) is 11.9. The zero-order valence-corrected chi connectivity index (χ0v) is 25.0. The number of likely N-dealkylation sites (tertiary alicyclic amines) is 1. The summed E-state index contributed by atoms with van der Waals surface area (Å²) in [6.07, 6.45) is 3.71. The van der Waals surface area contributed by atoms with Crippen molar-refractivity contribution in [1.82, 2.24) is 9.88 Å². The zero-order valence-electron chi connectivity index (χ0n) is 22.9. The molecule has 0 spiro atoms. The van der Waals surface area contributed by atoms with Crippen LogP contribution in [0.25, 0.3) is 11.6 Å². The first kappa shape index (κ1) is 29.3. The molecule has 0 bridgehead atoms. The molecule has 3 amide bonds. The molecule has 0 radical (unpaired) electrons. The number of aromatic nitrogens is 1. The van der Waals surface area contributed by atoms with Gasteiger partial charge in [-0.25, -0.2) is 4.79 Å². The van der Waals surface area contributed by atoms with E-state index in [2.05, 4.69) is 27.6 Å². The molecule has 2 aromatic rings. The van der Waals surface area contributed by atoms with E-state index in [1.54, 1.807) is 12.3 Å². The van der Waals surface area contributed by atoms with Gasteiger partial charge in [0.05, 0.1) is 41.4 Å². The van der Waals surface area contributed by atoms with E-state index in [1.165, 1.54) is 7.11 Å². The Hall–Kier alpha value is -3.23. The molecule has 2 aliphatic heterocycles. The van der Waals surface area contributed by atoms with E-state index in [-0.39, 0.29) is 12.1 Å². The van der Waals surface area contributed by atoms with Gasteiger partial charge < -0.3 is 24.3 Å². The summed E-state index contributed by atoms with van der Waals surface area (Å²) in [5.74, 6) is -2.56. The highest BCUT2D eigenvalue weighted by atomic mass is 127. The molecule has 214 valence electrons. The van der Waals surface area contributed by atoms with Crippen molar-refractivity contribution >= 4 is 59.3 Å². The van der Waals surface area contributed by atoms with Gasteiger partial charge in [0.1, 0.15) is 0 Å². The minimum Gasteiger partial charge on any atom is -0.504 e. The van der Waals surface area contributed by atoms with Gasteiger partial charge in [0.25, 0.3) is 0 Å². The molecule has 0 saturated carbocycles. The lowest BCUT2D eigenvalue weighted by molar-refractivity contribution is -0.137. The van der Waals surface area contributed by atoms with Gasteiger partial charge in [0.15, 0.2) is 11.5 Å². The molecule has 3 heterocycles. The quantitative estimate of drug-likeness (QED) is 0.199. The molecule has 4 atom stereocenters. The van der Waals surface area contributed by atoms with Crippen LogP contribution in [0.3, 0.4) is 0 Å². The average Bonchev–Trinajstić information content (AvgIpc) is 3.21. The molecule has 3 aliphatic rings. The van der Waals surface area contributed by atoms with E-state index < -0.39 is 48.9 Å². The van der Waals surface area contributed by atoms with E-state index >= 15 is 0 Å². The van der Waals surface area contributed by atoms with E-state index in [0.717, 1.165) is 35.1 Å². The van der Waals surface area contributed by atoms with Crippen molar-refractivity contribution in [2.45, 2.75) is 38.6 Å². The Morgan fingerprint density at radius 3 is 2.71 bits per heavy atom. The number of amides is 3. The molecule has 0 unspecified atom stereocenters. The van der Waals surface area contributed by atoms with Gasteiger partial charge in [-0.3, -0.25) is 14.6 Å². The summed E-state index contributed by atoms with van der Waals surface area (Å²) in [7, 11) is 1.51. The Labute approximate surface area is 251 Å². The van der Waals surface area contributed by atoms with Crippen molar-refractivity contribution in [3.8, 4) is 11.5 Å². The van der Waals surface area contributed by atoms with Crippen molar-refractivity contribution in [1.29, 1.82) is 0 Å². The van der Waals surface area contributed by atoms with Crippen LogP contribution < -0.4 is 4.74 Å². The highest BCUT2D eigenvalue weighted by Gasteiger charge is 2.58. The maximum atomic E-state index is 13.3. The maximum absolute atomic E-state index is 13.3. The van der Waals surface area contributed by atoms with E-state index in [4.69, 9.17) is 14.1 Å². The van der Waals surface area contributed by atoms with E-state index in [1.807, 2.05) is 37.3 Å². The second-order valence-electron chi connectivity index (χ2n) is 10.5. The smallest absolute Gasteiger partial charge is 0.455 e.